The van der Waals surface area contributed by atoms with Crippen LogP contribution in [-0.2, 0) is 0 Å². The molecule has 0 saturated carbocycles. The lowest BCUT2D eigenvalue weighted by molar-refractivity contribution is 0.100. The molecule has 0 saturated heterocycles. The van der Waals surface area contributed by atoms with Crippen LogP contribution in [0, 0.1) is 3.95 Å². The third-order valence-electron chi connectivity index (χ3n) is 3.79. The highest BCUT2D eigenvalue weighted by Crippen LogP contribution is 2.35. The zero-order valence-corrected chi connectivity index (χ0v) is 14.9. The summed E-state index contributed by atoms with van der Waals surface area (Å²) in [5, 5.41) is 10.5. The summed E-state index contributed by atoms with van der Waals surface area (Å²) >= 11 is 6.47. The van der Waals surface area contributed by atoms with Crippen molar-refractivity contribution in [1.82, 2.24) is 9.66 Å². The first-order chi connectivity index (χ1) is 12.6. The molecule has 0 spiro atoms. The number of carbonyl (C=O) groups excluding carboxylic acids is 1. The number of nitrogens with one attached hydrogen (secondary N) is 1. The van der Waals surface area contributed by atoms with E-state index in [2.05, 4.69) is 15.4 Å². The Morgan fingerprint density at radius 1 is 1.27 bits per heavy atom. The highest BCUT2D eigenvalue weighted by molar-refractivity contribution is 7.73. The van der Waals surface area contributed by atoms with Crippen LogP contribution in [0.15, 0.2) is 53.8 Å². The second-order valence-electron chi connectivity index (χ2n) is 5.45. The van der Waals surface area contributed by atoms with Crippen molar-refractivity contribution in [2.45, 2.75) is 0 Å². The number of aromatic hydroxyl groups is 1. The van der Waals surface area contributed by atoms with Gasteiger partial charge >= 0.3 is 0 Å². The number of hydrogen-bond acceptors (Lipinski definition) is 6. The fraction of sp³-hybridized carbons (Fsp3) is 0. The van der Waals surface area contributed by atoms with E-state index in [0.717, 1.165) is 16.8 Å². The highest BCUT2D eigenvalue weighted by Gasteiger charge is 2.17. The zero-order chi connectivity index (χ0) is 18.1. The van der Waals surface area contributed by atoms with Gasteiger partial charge in [0, 0.05) is 29.7 Å². The van der Waals surface area contributed by atoms with Gasteiger partial charge in [-0.2, -0.15) is 4.68 Å². The minimum absolute atomic E-state index is 0.123. The first kappa shape index (κ1) is 16.4. The predicted molar refractivity (Wildman–Crippen MR) is 105 cm³/mol. The normalized spacial score (nSPS) is 13.8. The molecule has 1 amide bonds. The van der Waals surface area contributed by atoms with Gasteiger partial charge in [-0.15, -0.1) is 0 Å². The van der Waals surface area contributed by atoms with Gasteiger partial charge in [0.25, 0.3) is 5.91 Å². The Balaban J connectivity index is 1.66. The van der Waals surface area contributed by atoms with Crippen molar-refractivity contribution in [2.75, 3.05) is 5.43 Å². The van der Waals surface area contributed by atoms with E-state index in [1.54, 1.807) is 30.6 Å². The van der Waals surface area contributed by atoms with Gasteiger partial charge in [-0.3, -0.25) is 20.2 Å². The van der Waals surface area contributed by atoms with E-state index in [9.17, 15) is 9.90 Å². The van der Waals surface area contributed by atoms with Crippen LogP contribution in [0.2, 0.25) is 0 Å². The minimum atomic E-state index is -0.408. The third kappa shape index (κ3) is 2.96. The summed E-state index contributed by atoms with van der Waals surface area (Å²) in [6.07, 6.45) is 6.57. The molecule has 1 aromatic carbocycles. The highest BCUT2D eigenvalue weighted by atomic mass is 32.1. The molecule has 2 aromatic heterocycles. The molecule has 26 heavy (non-hydrogen) atoms. The summed E-state index contributed by atoms with van der Waals surface area (Å²) in [4.78, 5) is 21.1. The van der Waals surface area contributed by atoms with Crippen molar-refractivity contribution in [3.8, 4) is 5.88 Å². The van der Waals surface area contributed by atoms with Gasteiger partial charge in [-0.1, -0.05) is 29.5 Å². The molecule has 3 aromatic rings. The number of carbonyl (C=O) groups is 1. The summed E-state index contributed by atoms with van der Waals surface area (Å²) in [7, 11) is 0. The molecule has 128 valence electrons. The molecule has 8 heteroatoms. The van der Waals surface area contributed by atoms with Gasteiger partial charge in [0.1, 0.15) is 0 Å². The first-order valence-electron chi connectivity index (χ1n) is 7.65. The largest absolute Gasteiger partial charge is 0.492 e. The quantitative estimate of drug-likeness (QED) is 0.673. The summed E-state index contributed by atoms with van der Waals surface area (Å²) in [6.45, 7) is 0. The number of thiazole rings is 1. The minimum Gasteiger partial charge on any atom is -0.492 e. The van der Waals surface area contributed by atoms with Crippen LogP contribution in [0.1, 0.15) is 20.8 Å². The number of rotatable bonds is 3. The van der Waals surface area contributed by atoms with E-state index < -0.39 is 5.91 Å². The Labute approximate surface area is 157 Å². The van der Waals surface area contributed by atoms with Gasteiger partial charge < -0.3 is 5.11 Å². The second-order valence-corrected chi connectivity index (χ2v) is 7.12. The number of hydrogen-bond donors (Lipinski definition) is 2. The van der Waals surface area contributed by atoms with Crippen molar-refractivity contribution in [3.63, 3.8) is 0 Å². The maximum absolute atomic E-state index is 12.3. The Hall–Kier alpha value is -3.10. The number of fused-ring (bicyclic) bond motifs is 1. The lowest BCUT2D eigenvalue weighted by atomic mass is 10.1. The topological polar surface area (TPSA) is 79.5 Å². The zero-order valence-electron chi connectivity index (χ0n) is 13.3. The smallest absolute Gasteiger partial charge is 0.271 e. The molecule has 1 aliphatic rings. The van der Waals surface area contributed by atoms with E-state index in [1.807, 2.05) is 24.3 Å². The van der Waals surface area contributed by atoms with Gasteiger partial charge in [-0.25, -0.2) is 0 Å². The Morgan fingerprint density at radius 3 is 2.92 bits per heavy atom. The fourth-order valence-electron chi connectivity index (χ4n) is 2.53. The van der Waals surface area contributed by atoms with Crippen LogP contribution in [0.25, 0.3) is 11.6 Å². The van der Waals surface area contributed by atoms with Gasteiger partial charge in [-0.05, 0) is 36.5 Å². The number of amides is 1. The van der Waals surface area contributed by atoms with Crippen LogP contribution in [0.3, 0.4) is 0 Å². The molecule has 2 N–H and O–H groups in total. The van der Waals surface area contributed by atoms with Gasteiger partial charge in [0.15, 0.2) is 3.95 Å². The van der Waals surface area contributed by atoms with Gasteiger partial charge in [0.2, 0.25) is 5.88 Å². The van der Waals surface area contributed by atoms with Crippen molar-refractivity contribution < 1.29 is 9.90 Å². The summed E-state index contributed by atoms with van der Waals surface area (Å²) in [5.41, 5.74) is 5.70. The van der Waals surface area contributed by atoms with Gasteiger partial charge in [0.05, 0.1) is 16.1 Å². The number of aliphatic imine (C=N–C) groups is 1. The lowest BCUT2D eigenvalue weighted by Gasteiger charge is -2.07. The average molecular weight is 380 g/mol. The van der Waals surface area contributed by atoms with E-state index in [1.165, 1.54) is 22.2 Å². The first-order valence-corrected chi connectivity index (χ1v) is 8.87. The number of pyridine rings is 1. The van der Waals surface area contributed by atoms with Crippen LogP contribution >= 0.6 is 23.6 Å². The number of nitrogens with zero attached hydrogens (tertiary/aromatic N) is 3. The monoisotopic (exact) mass is 380 g/mol. The summed E-state index contributed by atoms with van der Waals surface area (Å²) in [6, 6.07) is 11.0. The lowest BCUT2D eigenvalue weighted by Crippen LogP contribution is -2.22. The molecule has 1 aliphatic heterocycles. The standard InChI is InChI=1S/C18H12N4O2S2/c23-16(11-4-3-7-19-9-11)21-22-17(24)15(26-18(22)25)8-12-10-20-14-6-2-1-5-13(12)14/h1-10,24H,(H,21,23). The molecular formula is C18H12N4O2S2. The molecule has 0 bridgehead atoms. The molecule has 3 heterocycles. The molecule has 0 fully saturated rings. The molecule has 0 radical (unpaired) electrons. The van der Waals surface area contributed by atoms with Crippen molar-refractivity contribution in [2.24, 2.45) is 4.99 Å². The molecule has 0 unspecified atom stereocenters. The van der Waals surface area contributed by atoms with E-state index in [0.29, 0.717) is 14.4 Å². The molecule has 0 aliphatic carbocycles. The predicted octanol–water partition coefficient (Wildman–Crippen LogP) is 4.02. The van der Waals surface area contributed by atoms with E-state index in [4.69, 9.17) is 12.2 Å². The van der Waals surface area contributed by atoms with Crippen LogP contribution in [0.4, 0.5) is 5.69 Å². The SMILES string of the molecule is O=C(Nn1c(O)c(C=C2C=Nc3ccccc32)sc1=S)c1cccnc1. The molecule has 0 atom stereocenters. The summed E-state index contributed by atoms with van der Waals surface area (Å²) in [5.74, 6) is -0.531. The van der Waals surface area contributed by atoms with E-state index in [-0.39, 0.29) is 5.88 Å². The Morgan fingerprint density at radius 2 is 2.12 bits per heavy atom. The van der Waals surface area contributed by atoms with Crippen molar-refractivity contribution in [1.29, 1.82) is 0 Å². The van der Waals surface area contributed by atoms with Crippen LogP contribution in [0.5, 0.6) is 5.88 Å². The maximum Gasteiger partial charge on any atom is 0.271 e. The average Bonchev–Trinajstić information content (AvgIpc) is 3.19. The number of benzene rings is 1. The molecule has 4 rings (SSSR count). The number of para-hydroxylation sites is 1. The third-order valence-corrected chi connectivity index (χ3v) is 5.10. The van der Waals surface area contributed by atoms with Crippen molar-refractivity contribution >= 4 is 53.0 Å². The second kappa shape index (κ2) is 6.66. The number of aromatic nitrogens is 2. The Kier molecular flexibility index (Phi) is 4.19. The van der Waals surface area contributed by atoms with Crippen molar-refractivity contribution in [3.05, 3.63) is 68.8 Å². The van der Waals surface area contributed by atoms with E-state index >= 15 is 0 Å². The summed E-state index contributed by atoms with van der Waals surface area (Å²) < 4.78 is 1.52. The molecular weight excluding hydrogens is 368 g/mol. The maximum atomic E-state index is 12.3. The van der Waals surface area contributed by atoms with Crippen LogP contribution < -0.4 is 5.43 Å². The van der Waals surface area contributed by atoms with Crippen LogP contribution in [-0.4, -0.2) is 26.9 Å². The Bertz CT molecular complexity index is 1110. The fourth-order valence-corrected chi connectivity index (χ4v) is 3.71. The molecule has 6 nitrogen and oxygen atoms in total. The number of allylic oxidation sites excluding steroid dienone is 1.